The summed E-state index contributed by atoms with van der Waals surface area (Å²) in [7, 11) is 0. The zero-order valence-electron chi connectivity index (χ0n) is 15.9. The SMILES string of the molecule is CCNC(=O)c1ccc(C)c(NC(=O)NC(C)c2cccc(OC(F)F)c2)c1. The van der Waals surface area contributed by atoms with Crippen LogP contribution in [0.3, 0.4) is 0 Å². The normalized spacial score (nSPS) is 11.6. The molecule has 6 nitrogen and oxygen atoms in total. The lowest BCUT2D eigenvalue weighted by atomic mass is 10.1. The van der Waals surface area contributed by atoms with Crippen LogP contribution in [-0.4, -0.2) is 25.1 Å². The number of halogens is 2. The Bertz CT molecular complexity index is 843. The van der Waals surface area contributed by atoms with Gasteiger partial charge in [0.05, 0.1) is 6.04 Å². The van der Waals surface area contributed by atoms with E-state index >= 15 is 0 Å². The van der Waals surface area contributed by atoms with Gasteiger partial charge >= 0.3 is 12.6 Å². The van der Waals surface area contributed by atoms with Gasteiger partial charge in [-0.25, -0.2) is 4.79 Å². The summed E-state index contributed by atoms with van der Waals surface area (Å²) in [4.78, 5) is 24.3. The predicted octanol–water partition coefficient (Wildman–Crippen LogP) is 4.23. The number of alkyl halides is 2. The Balaban J connectivity index is 2.05. The summed E-state index contributed by atoms with van der Waals surface area (Å²) >= 11 is 0. The van der Waals surface area contributed by atoms with Crippen molar-refractivity contribution in [1.29, 1.82) is 0 Å². The number of carbonyl (C=O) groups excluding carboxylic acids is 2. The fraction of sp³-hybridized carbons (Fsp3) is 0.300. The Kier molecular flexibility index (Phi) is 7.31. The van der Waals surface area contributed by atoms with Crippen molar-refractivity contribution in [3.8, 4) is 5.75 Å². The molecule has 1 unspecified atom stereocenters. The highest BCUT2D eigenvalue weighted by atomic mass is 19.3. The van der Waals surface area contributed by atoms with E-state index in [2.05, 4.69) is 20.7 Å². The van der Waals surface area contributed by atoms with Crippen molar-refractivity contribution in [3.05, 3.63) is 59.2 Å². The van der Waals surface area contributed by atoms with Crippen molar-refractivity contribution in [2.75, 3.05) is 11.9 Å². The van der Waals surface area contributed by atoms with Crippen LogP contribution in [0, 0.1) is 6.92 Å². The van der Waals surface area contributed by atoms with Crippen molar-refractivity contribution >= 4 is 17.6 Å². The van der Waals surface area contributed by atoms with Crippen LogP contribution in [0.1, 0.15) is 41.4 Å². The largest absolute Gasteiger partial charge is 0.435 e. The molecule has 2 aromatic carbocycles. The van der Waals surface area contributed by atoms with E-state index in [9.17, 15) is 18.4 Å². The van der Waals surface area contributed by atoms with Crippen molar-refractivity contribution in [2.24, 2.45) is 0 Å². The Labute approximate surface area is 162 Å². The van der Waals surface area contributed by atoms with Gasteiger partial charge in [-0.2, -0.15) is 8.78 Å². The van der Waals surface area contributed by atoms with Crippen molar-refractivity contribution < 1.29 is 23.1 Å². The minimum absolute atomic E-state index is 0.0204. The Morgan fingerprint density at radius 3 is 2.57 bits per heavy atom. The topological polar surface area (TPSA) is 79.5 Å². The average Bonchev–Trinajstić information content (AvgIpc) is 2.63. The molecule has 0 heterocycles. The number of hydrogen-bond acceptors (Lipinski definition) is 3. The molecule has 0 spiro atoms. The van der Waals surface area contributed by atoms with E-state index in [1.165, 1.54) is 12.1 Å². The number of hydrogen-bond donors (Lipinski definition) is 3. The molecule has 0 radical (unpaired) electrons. The summed E-state index contributed by atoms with van der Waals surface area (Å²) in [5.41, 5.74) is 2.35. The molecular weight excluding hydrogens is 368 g/mol. The lowest BCUT2D eigenvalue weighted by Gasteiger charge is -2.17. The Hall–Kier alpha value is -3.16. The molecule has 0 bridgehead atoms. The predicted molar refractivity (Wildman–Crippen MR) is 103 cm³/mol. The average molecular weight is 391 g/mol. The first-order chi connectivity index (χ1) is 13.3. The number of urea groups is 1. The maximum atomic E-state index is 12.4. The highest BCUT2D eigenvalue weighted by molar-refractivity contribution is 5.97. The quantitative estimate of drug-likeness (QED) is 0.661. The molecule has 3 amide bonds. The summed E-state index contributed by atoms with van der Waals surface area (Å²) in [5.74, 6) is -0.206. The third kappa shape index (κ3) is 5.94. The number of amides is 3. The number of ether oxygens (including phenoxy) is 1. The molecule has 8 heteroatoms. The van der Waals surface area contributed by atoms with Gasteiger partial charge in [0.25, 0.3) is 5.91 Å². The van der Waals surface area contributed by atoms with Crippen LogP contribution >= 0.6 is 0 Å². The second-order valence-corrected chi connectivity index (χ2v) is 6.16. The third-order valence-electron chi connectivity index (χ3n) is 4.02. The minimum atomic E-state index is -2.91. The molecule has 0 aromatic heterocycles. The van der Waals surface area contributed by atoms with Gasteiger partial charge in [0.2, 0.25) is 0 Å². The van der Waals surface area contributed by atoms with Gasteiger partial charge in [-0.15, -0.1) is 0 Å². The van der Waals surface area contributed by atoms with E-state index in [1.807, 2.05) is 13.8 Å². The van der Waals surface area contributed by atoms with Crippen LogP contribution in [-0.2, 0) is 0 Å². The van der Waals surface area contributed by atoms with Gasteiger partial charge in [-0.05, 0) is 56.2 Å². The number of carbonyl (C=O) groups is 2. The lowest BCUT2D eigenvalue weighted by molar-refractivity contribution is -0.0499. The van der Waals surface area contributed by atoms with Gasteiger partial charge in [0.15, 0.2) is 0 Å². The summed E-state index contributed by atoms with van der Waals surface area (Å²) in [6.07, 6.45) is 0. The monoisotopic (exact) mass is 391 g/mol. The molecule has 150 valence electrons. The van der Waals surface area contributed by atoms with Crippen molar-refractivity contribution in [2.45, 2.75) is 33.4 Å². The first kappa shape index (κ1) is 21.1. The summed E-state index contributed by atoms with van der Waals surface area (Å²) in [6, 6.07) is 10.2. The molecule has 0 saturated heterocycles. The van der Waals surface area contributed by atoms with E-state index in [-0.39, 0.29) is 11.7 Å². The molecule has 0 aliphatic rings. The number of anilines is 1. The van der Waals surface area contributed by atoms with Crippen LogP contribution in [0.2, 0.25) is 0 Å². The van der Waals surface area contributed by atoms with E-state index in [0.717, 1.165) is 5.56 Å². The molecule has 1 atom stereocenters. The summed E-state index contributed by atoms with van der Waals surface area (Å²) < 4.78 is 29.1. The molecule has 2 aromatic rings. The molecule has 3 N–H and O–H groups in total. The standard InChI is InChI=1S/C20H23F2N3O3/c1-4-23-18(26)15-9-8-12(2)17(11-15)25-20(27)24-13(3)14-6-5-7-16(10-14)28-19(21)22/h5-11,13,19H,4H2,1-3H3,(H,23,26)(H2,24,25,27). The summed E-state index contributed by atoms with van der Waals surface area (Å²) in [5, 5.41) is 8.15. The first-order valence-corrected chi connectivity index (χ1v) is 8.81. The number of rotatable bonds is 7. The van der Waals surface area contributed by atoms with Crippen LogP contribution in [0.15, 0.2) is 42.5 Å². The fourth-order valence-corrected chi connectivity index (χ4v) is 2.56. The van der Waals surface area contributed by atoms with E-state index in [0.29, 0.717) is 23.4 Å². The number of benzene rings is 2. The van der Waals surface area contributed by atoms with E-state index in [4.69, 9.17) is 0 Å². The molecule has 28 heavy (non-hydrogen) atoms. The molecule has 0 saturated carbocycles. The van der Waals surface area contributed by atoms with Crippen LogP contribution in [0.5, 0.6) is 5.75 Å². The molecule has 2 rings (SSSR count). The second kappa shape index (κ2) is 9.68. The Morgan fingerprint density at radius 1 is 1.14 bits per heavy atom. The highest BCUT2D eigenvalue weighted by Gasteiger charge is 2.14. The molecule has 0 aliphatic heterocycles. The summed E-state index contributed by atoms with van der Waals surface area (Å²) in [6.45, 7) is 2.94. The van der Waals surface area contributed by atoms with Gasteiger partial charge in [0, 0.05) is 17.8 Å². The highest BCUT2D eigenvalue weighted by Crippen LogP contribution is 2.21. The van der Waals surface area contributed by atoms with Crippen molar-refractivity contribution in [1.82, 2.24) is 10.6 Å². The van der Waals surface area contributed by atoms with Gasteiger partial charge in [-0.1, -0.05) is 18.2 Å². The van der Waals surface area contributed by atoms with E-state index in [1.54, 1.807) is 37.3 Å². The second-order valence-electron chi connectivity index (χ2n) is 6.16. The van der Waals surface area contributed by atoms with Crippen molar-refractivity contribution in [3.63, 3.8) is 0 Å². The maximum Gasteiger partial charge on any atom is 0.387 e. The van der Waals surface area contributed by atoms with Crippen LogP contribution in [0.25, 0.3) is 0 Å². The zero-order valence-corrected chi connectivity index (χ0v) is 15.9. The lowest BCUT2D eigenvalue weighted by Crippen LogP contribution is -2.31. The molecular formula is C20H23F2N3O3. The van der Waals surface area contributed by atoms with Gasteiger partial charge in [0.1, 0.15) is 5.75 Å². The molecule has 0 fully saturated rings. The number of aryl methyl sites for hydroxylation is 1. The van der Waals surface area contributed by atoms with Crippen LogP contribution in [0.4, 0.5) is 19.3 Å². The third-order valence-corrected chi connectivity index (χ3v) is 4.02. The van der Waals surface area contributed by atoms with Crippen LogP contribution < -0.4 is 20.7 Å². The smallest absolute Gasteiger partial charge is 0.387 e. The fourth-order valence-electron chi connectivity index (χ4n) is 2.56. The Morgan fingerprint density at radius 2 is 1.89 bits per heavy atom. The van der Waals surface area contributed by atoms with Gasteiger partial charge < -0.3 is 20.7 Å². The number of nitrogens with one attached hydrogen (secondary N) is 3. The zero-order chi connectivity index (χ0) is 20.7. The molecule has 0 aliphatic carbocycles. The minimum Gasteiger partial charge on any atom is -0.435 e. The maximum absolute atomic E-state index is 12.4. The van der Waals surface area contributed by atoms with Gasteiger partial charge in [-0.3, -0.25) is 4.79 Å². The van der Waals surface area contributed by atoms with E-state index < -0.39 is 18.7 Å². The first-order valence-electron chi connectivity index (χ1n) is 8.81.